The number of carbonyl (C=O) groups is 2. The van der Waals surface area contributed by atoms with E-state index in [9.17, 15) is 22.8 Å². The highest BCUT2D eigenvalue weighted by molar-refractivity contribution is 6.10. The van der Waals surface area contributed by atoms with Crippen molar-refractivity contribution in [1.29, 1.82) is 0 Å². The van der Waals surface area contributed by atoms with Crippen molar-refractivity contribution in [3.05, 3.63) is 30.1 Å². The standard InChI is InChI=1S/C14H15F3N4O2/c1-3-7-21-9(2)19-13(12(21)23,14(15,16)17)20-11(22)10-5-4-6-18-8-10/h4-6,8H,3,7H2,1-2H3,(H,20,22). The number of aliphatic imine (C=N–C) groups is 1. The van der Waals surface area contributed by atoms with Crippen LogP contribution in [0.5, 0.6) is 0 Å². The van der Waals surface area contributed by atoms with Crippen LogP contribution in [0.3, 0.4) is 0 Å². The molecule has 0 aliphatic carbocycles. The number of pyridine rings is 1. The van der Waals surface area contributed by atoms with Crippen LogP contribution in [0.2, 0.25) is 0 Å². The molecule has 23 heavy (non-hydrogen) atoms. The van der Waals surface area contributed by atoms with Crippen LogP contribution in [-0.2, 0) is 4.79 Å². The number of nitrogens with zero attached hydrogens (tertiary/aromatic N) is 3. The lowest BCUT2D eigenvalue weighted by Crippen LogP contribution is -2.63. The molecule has 0 bridgehead atoms. The smallest absolute Gasteiger partial charge is 0.312 e. The number of hydrogen-bond acceptors (Lipinski definition) is 4. The molecule has 1 aliphatic rings. The molecule has 0 saturated heterocycles. The van der Waals surface area contributed by atoms with E-state index in [1.54, 1.807) is 12.2 Å². The summed E-state index contributed by atoms with van der Waals surface area (Å²) in [5.74, 6) is -2.46. The minimum atomic E-state index is -5.06. The van der Waals surface area contributed by atoms with Gasteiger partial charge >= 0.3 is 11.8 Å². The number of amidine groups is 1. The molecular formula is C14H15F3N4O2. The predicted octanol–water partition coefficient (Wildman–Crippen LogP) is 1.74. The first-order valence-corrected chi connectivity index (χ1v) is 6.90. The van der Waals surface area contributed by atoms with Gasteiger partial charge in [-0.05, 0) is 25.5 Å². The van der Waals surface area contributed by atoms with Crippen LogP contribution in [0.25, 0.3) is 0 Å². The lowest BCUT2D eigenvalue weighted by atomic mass is 10.1. The summed E-state index contributed by atoms with van der Waals surface area (Å²) >= 11 is 0. The largest absolute Gasteiger partial charge is 0.442 e. The van der Waals surface area contributed by atoms with Gasteiger partial charge in [0.15, 0.2) is 0 Å². The molecule has 0 radical (unpaired) electrons. The monoisotopic (exact) mass is 328 g/mol. The number of hydrogen-bond donors (Lipinski definition) is 1. The van der Waals surface area contributed by atoms with E-state index in [1.807, 2.05) is 0 Å². The average molecular weight is 328 g/mol. The zero-order valence-corrected chi connectivity index (χ0v) is 12.5. The summed E-state index contributed by atoms with van der Waals surface area (Å²) < 4.78 is 40.6. The van der Waals surface area contributed by atoms with E-state index < -0.39 is 23.7 Å². The second-order valence-electron chi connectivity index (χ2n) is 5.02. The molecular weight excluding hydrogens is 313 g/mol. The lowest BCUT2D eigenvalue weighted by Gasteiger charge is -2.29. The number of halogens is 3. The zero-order chi connectivity index (χ0) is 17.3. The quantitative estimate of drug-likeness (QED) is 0.915. The first kappa shape index (κ1) is 16.9. The zero-order valence-electron chi connectivity index (χ0n) is 12.5. The Kier molecular flexibility index (Phi) is 4.39. The van der Waals surface area contributed by atoms with E-state index in [2.05, 4.69) is 9.98 Å². The maximum absolute atomic E-state index is 13.5. The molecule has 0 saturated carbocycles. The second-order valence-corrected chi connectivity index (χ2v) is 5.02. The molecule has 0 spiro atoms. The highest BCUT2D eigenvalue weighted by atomic mass is 19.4. The highest BCUT2D eigenvalue weighted by Gasteiger charge is 2.66. The fourth-order valence-corrected chi connectivity index (χ4v) is 2.25. The van der Waals surface area contributed by atoms with Crippen molar-refractivity contribution in [2.24, 2.45) is 4.99 Å². The Balaban J connectivity index is 2.40. The molecule has 124 valence electrons. The van der Waals surface area contributed by atoms with Crippen LogP contribution in [0, 0.1) is 0 Å². The van der Waals surface area contributed by atoms with Gasteiger partial charge in [-0.3, -0.25) is 19.5 Å². The minimum absolute atomic E-state index is 0.0827. The van der Waals surface area contributed by atoms with Crippen molar-refractivity contribution in [3.8, 4) is 0 Å². The maximum Gasteiger partial charge on any atom is 0.442 e. The van der Waals surface area contributed by atoms with Crippen molar-refractivity contribution >= 4 is 17.6 Å². The Labute approximate surface area is 130 Å². The molecule has 1 unspecified atom stereocenters. The average Bonchev–Trinajstić information content (AvgIpc) is 2.73. The second kappa shape index (κ2) is 5.98. The SMILES string of the molecule is CCCN1C(=O)C(NC(=O)c2cccnc2)(C(F)(F)F)N=C1C. The topological polar surface area (TPSA) is 74.7 Å². The Bertz CT molecular complexity index is 645. The molecule has 1 atom stereocenters. The van der Waals surface area contributed by atoms with Crippen LogP contribution in [-0.4, -0.2) is 45.9 Å². The summed E-state index contributed by atoms with van der Waals surface area (Å²) in [6.07, 6.45) is -2.11. The molecule has 2 amide bonds. The van der Waals surface area contributed by atoms with Crippen molar-refractivity contribution in [2.45, 2.75) is 32.1 Å². The summed E-state index contributed by atoms with van der Waals surface area (Å²) in [5, 5.41) is 1.73. The van der Waals surface area contributed by atoms with E-state index in [1.165, 1.54) is 25.3 Å². The van der Waals surface area contributed by atoms with Gasteiger partial charge in [0.1, 0.15) is 5.84 Å². The van der Waals surface area contributed by atoms with Crippen molar-refractivity contribution in [3.63, 3.8) is 0 Å². The summed E-state index contributed by atoms with van der Waals surface area (Å²) in [4.78, 5) is 32.4. The van der Waals surface area contributed by atoms with Crippen LogP contribution in [0.15, 0.2) is 29.5 Å². The van der Waals surface area contributed by atoms with Gasteiger partial charge in [0.05, 0.1) is 5.56 Å². The molecule has 1 aromatic rings. The number of alkyl halides is 3. The predicted molar refractivity (Wildman–Crippen MR) is 75.6 cm³/mol. The fourth-order valence-electron chi connectivity index (χ4n) is 2.25. The van der Waals surface area contributed by atoms with Crippen LogP contribution >= 0.6 is 0 Å². The van der Waals surface area contributed by atoms with Crippen molar-refractivity contribution < 1.29 is 22.8 Å². The van der Waals surface area contributed by atoms with Crippen molar-refractivity contribution in [1.82, 2.24) is 15.2 Å². The third-order valence-corrected chi connectivity index (χ3v) is 3.35. The van der Waals surface area contributed by atoms with E-state index in [-0.39, 0.29) is 17.9 Å². The Morgan fingerprint density at radius 2 is 2.13 bits per heavy atom. The summed E-state index contributed by atoms with van der Waals surface area (Å²) in [7, 11) is 0. The fraction of sp³-hybridized carbons (Fsp3) is 0.429. The van der Waals surface area contributed by atoms with E-state index in [4.69, 9.17) is 0 Å². The number of aromatic nitrogens is 1. The molecule has 9 heteroatoms. The van der Waals surface area contributed by atoms with Gasteiger partial charge in [0.2, 0.25) is 0 Å². The molecule has 1 N–H and O–H groups in total. The minimum Gasteiger partial charge on any atom is -0.312 e. The van der Waals surface area contributed by atoms with E-state index >= 15 is 0 Å². The molecule has 2 rings (SSSR count). The van der Waals surface area contributed by atoms with Gasteiger partial charge in [-0.2, -0.15) is 13.2 Å². The molecule has 0 aromatic carbocycles. The first-order valence-electron chi connectivity index (χ1n) is 6.90. The Morgan fingerprint density at radius 1 is 1.43 bits per heavy atom. The van der Waals surface area contributed by atoms with Crippen LogP contribution in [0.4, 0.5) is 13.2 Å². The molecule has 1 aromatic heterocycles. The van der Waals surface area contributed by atoms with Gasteiger partial charge in [-0.15, -0.1) is 0 Å². The van der Waals surface area contributed by atoms with Crippen LogP contribution in [0.1, 0.15) is 30.6 Å². The van der Waals surface area contributed by atoms with Gasteiger partial charge in [-0.25, -0.2) is 4.99 Å². The Morgan fingerprint density at radius 3 is 2.65 bits per heavy atom. The molecule has 0 fully saturated rings. The van der Waals surface area contributed by atoms with E-state index in [0.29, 0.717) is 6.42 Å². The summed E-state index contributed by atoms with van der Waals surface area (Å²) in [5.41, 5.74) is -3.38. The molecule has 6 nitrogen and oxygen atoms in total. The normalized spacial score (nSPS) is 21.3. The van der Waals surface area contributed by atoms with Gasteiger partial charge in [-0.1, -0.05) is 6.92 Å². The number of carbonyl (C=O) groups excluding carboxylic acids is 2. The highest BCUT2D eigenvalue weighted by Crippen LogP contribution is 2.37. The molecule has 2 heterocycles. The summed E-state index contributed by atoms with van der Waals surface area (Å²) in [6, 6.07) is 2.70. The van der Waals surface area contributed by atoms with E-state index in [0.717, 1.165) is 11.1 Å². The number of amides is 2. The third kappa shape index (κ3) is 2.90. The van der Waals surface area contributed by atoms with Gasteiger partial charge < -0.3 is 5.32 Å². The molecule has 1 aliphatic heterocycles. The van der Waals surface area contributed by atoms with Gasteiger partial charge in [0, 0.05) is 18.9 Å². The third-order valence-electron chi connectivity index (χ3n) is 3.35. The Hall–Kier alpha value is -2.45. The lowest BCUT2D eigenvalue weighted by molar-refractivity contribution is -0.196. The van der Waals surface area contributed by atoms with Crippen LogP contribution < -0.4 is 5.32 Å². The summed E-state index contributed by atoms with van der Waals surface area (Å²) in [6.45, 7) is 3.12. The van der Waals surface area contributed by atoms with Crippen molar-refractivity contribution in [2.75, 3.05) is 6.54 Å². The van der Waals surface area contributed by atoms with Gasteiger partial charge in [0.25, 0.3) is 11.8 Å². The number of nitrogens with one attached hydrogen (secondary N) is 1. The number of rotatable bonds is 4. The maximum atomic E-state index is 13.5. The first-order chi connectivity index (χ1) is 10.7.